The molecule has 1 saturated heterocycles. The third-order valence-corrected chi connectivity index (χ3v) is 5.77. The number of carbonyl (C=O) groups is 2. The molecule has 1 fully saturated rings. The van der Waals surface area contributed by atoms with Gasteiger partial charge in [0, 0.05) is 21.7 Å². The van der Waals surface area contributed by atoms with Crippen molar-refractivity contribution < 1.29 is 9.59 Å². The van der Waals surface area contributed by atoms with Crippen LogP contribution in [0.4, 0.5) is 0 Å². The van der Waals surface area contributed by atoms with Gasteiger partial charge >= 0.3 is 0 Å². The molecule has 3 nitrogen and oxygen atoms in total. The fraction of sp³-hybridized carbons (Fsp3) is 0.250. The zero-order valence-corrected chi connectivity index (χ0v) is 13.6. The van der Waals surface area contributed by atoms with Crippen LogP contribution in [0, 0.1) is 5.92 Å². The van der Waals surface area contributed by atoms with Gasteiger partial charge in [0.15, 0.2) is 0 Å². The molecule has 0 saturated carbocycles. The van der Waals surface area contributed by atoms with Crippen LogP contribution < -0.4 is 5.32 Å². The number of halogens is 1. The first kappa shape index (κ1) is 14.5. The first-order chi connectivity index (χ1) is 10.1. The number of benzene rings is 1. The van der Waals surface area contributed by atoms with Crippen molar-refractivity contribution in [1.82, 2.24) is 5.32 Å². The molecule has 0 spiro atoms. The number of hydrogen-bond donors (Lipinski definition) is 1. The smallest absolute Gasteiger partial charge is 0.230 e. The third kappa shape index (κ3) is 3.09. The Bertz CT molecular complexity index is 668. The minimum absolute atomic E-state index is 0.0548. The second kappa shape index (κ2) is 6.12. The Morgan fingerprint density at radius 2 is 1.95 bits per heavy atom. The zero-order valence-electron chi connectivity index (χ0n) is 11.2. The molecule has 1 aromatic carbocycles. The van der Waals surface area contributed by atoms with Crippen molar-refractivity contribution in [2.75, 3.05) is 0 Å². The molecule has 2 heterocycles. The van der Waals surface area contributed by atoms with Crippen molar-refractivity contribution in [2.45, 2.75) is 18.8 Å². The average molecular weight is 364 g/mol. The minimum atomic E-state index is -0.208. The Morgan fingerprint density at radius 3 is 2.62 bits per heavy atom. The molecule has 21 heavy (non-hydrogen) atoms. The molecule has 1 aromatic heterocycles. The topological polar surface area (TPSA) is 46.2 Å². The Labute approximate surface area is 135 Å². The number of carbonyl (C=O) groups excluding carboxylic acids is 2. The summed E-state index contributed by atoms with van der Waals surface area (Å²) in [6, 6.07) is 11.9. The quantitative estimate of drug-likeness (QED) is 0.848. The van der Waals surface area contributed by atoms with Crippen molar-refractivity contribution in [3.8, 4) is 0 Å². The highest BCUT2D eigenvalue weighted by molar-refractivity contribution is 9.10. The zero-order chi connectivity index (χ0) is 14.8. The van der Waals surface area contributed by atoms with E-state index in [4.69, 9.17) is 0 Å². The molecule has 5 heteroatoms. The minimum Gasteiger partial charge on any atom is -0.296 e. The molecule has 0 radical (unpaired) electrons. The first-order valence-electron chi connectivity index (χ1n) is 6.75. The van der Waals surface area contributed by atoms with Crippen LogP contribution in [0.25, 0.3) is 0 Å². The lowest BCUT2D eigenvalue weighted by atomic mass is 9.80. The Kier molecular flexibility index (Phi) is 4.22. The first-order valence-corrected chi connectivity index (χ1v) is 8.43. The highest BCUT2D eigenvalue weighted by Crippen LogP contribution is 2.40. The highest BCUT2D eigenvalue weighted by Gasteiger charge is 2.38. The molecule has 2 aromatic rings. The molecule has 1 aliphatic heterocycles. The fourth-order valence-electron chi connectivity index (χ4n) is 2.75. The van der Waals surface area contributed by atoms with E-state index in [1.165, 1.54) is 0 Å². The number of nitrogens with one attached hydrogen (secondary N) is 1. The van der Waals surface area contributed by atoms with Gasteiger partial charge in [0.2, 0.25) is 11.8 Å². The number of imide groups is 1. The van der Waals surface area contributed by atoms with Gasteiger partial charge in [0.05, 0.1) is 5.92 Å². The number of hydrogen-bond acceptors (Lipinski definition) is 3. The lowest BCUT2D eigenvalue weighted by Gasteiger charge is -2.30. The van der Waals surface area contributed by atoms with Crippen LogP contribution in [0.2, 0.25) is 0 Å². The van der Waals surface area contributed by atoms with Crippen LogP contribution in [-0.2, 0) is 16.0 Å². The standard InChI is InChI=1S/C16H14BrNO2S/c17-13-6-7-21-15(13)11-9-14(19)18-16(20)12(11)8-10-4-2-1-3-5-10/h1-7,11-12H,8-9H2,(H,18,19,20). The van der Waals surface area contributed by atoms with Gasteiger partial charge in [-0.15, -0.1) is 11.3 Å². The van der Waals surface area contributed by atoms with E-state index < -0.39 is 0 Å². The fourth-order valence-corrected chi connectivity index (χ4v) is 4.59. The van der Waals surface area contributed by atoms with Gasteiger partial charge in [0.25, 0.3) is 0 Å². The van der Waals surface area contributed by atoms with Crippen molar-refractivity contribution >= 4 is 39.1 Å². The third-order valence-electron chi connectivity index (χ3n) is 3.77. The summed E-state index contributed by atoms with van der Waals surface area (Å²) in [7, 11) is 0. The van der Waals surface area contributed by atoms with Gasteiger partial charge in [-0.3, -0.25) is 14.9 Å². The molecule has 1 N–H and O–H groups in total. The monoisotopic (exact) mass is 363 g/mol. The summed E-state index contributed by atoms with van der Waals surface area (Å²) in [6.07, 6.45) is 1.01. The number of amides is 2. The van der Waals surface area contributed by atoms with Crippen molar-refractivity contribution in [2.24, 2.45) is 5.92 Å². The van der Waals surface area contributed by atoms with Gasteiger partial charge in [-0.25, -0.2) is 0 Å². The Morgan fingerprint density at radius 1 is 1.19 bits per heavy atom. The van der Waals surface area contributed by atoms with Crippen LogP contribution in [-0.4, -0.2) is 11.8 Å². The van der Waals surface area contributed by atoms with E-state index >= 15 is 0 Å². The summed E-state index contributed by atoms with van der Waals surface area (Å²) < 4.78 is 0.984. The van der Waals surface area contributed by atoms with E-state index in [-0.39, 0.29) is 23.7 Å². The summed E-state index contributed by atoms with van der Waals surface area (Å²) >= 11 is 5.12. The maximum Gasteiger partial charge on any atom is 0.230 e. The average Bonchev–Trinajstić information content (AvgIpc) is 2.89. The SMILES string of the molecule is O=C1CC(c2sccc2Br)C(Cc2ccccc2)C(=O)N1. The summed E-state index contributed by atoms with van der Waals surface area (Å²) in [5.74, 6) is -0.615. The van der Waals surface area contributed by atoms with Gasteiger partial charge < -0.3 is 0 Å². The van der Waals surface area contributed by atoms with Gasteiger partial charge in [-0.05, 0) is 39.4 Å². The van der Waals surface area contributed by atoms with Crippen LogP contribution in [0.5, 0.6) is 0 Å². The predicted molar refractivity (Wildman–Crippen MR) is 86.2 cm³/mol. The van der Waals surface area contributed by atoms with E-state index in [0.29, 0.717) is 12.8 Å². The van der Waals surface area contributed by atoms with E-state index in [9.17, 15) is 9.59 Å². The Balaban J connectivity index is 1.92. The molecule has 1 aliphatic rings. The second-order valence-corrected chi connectivity index (χ2v) is 6.95. The lowest BCUT2D eigenvalue weighted by molar-refractivity contribution is -0.137. The van der Waals surface area contributed by atoms with Crippen molar-refractivity contribution in [3.05, 3.63) is 56.7 Å². The maximum atomic E-state index is 12.3. The van der Waals surface area contributed by atoms with E-state index in [1.54, 1.807) is 11.3 Å². The van der Waals surface area contributed by atoms with Crippen LogP contribution in [0.3, 0.4) is 0 Å². The number of piperidine rings is 1. The molecule has 0 aliphatic carbocycles. The van der Waals surface area contributed by atoms with Crippen LogP contribution in [0.1, 0.15) is 22.8 Å². The van der Waals surface area contributed by atoms with Crippen molar-refractivity contribution in [3.63, 3.8) is 0 Å². The van der Waals surface area contributed by atoms with E-state index in [2.05, 4.69) is 21.2 Å². The lowest BCUT2D eigenvalue weighted by Crippen LogP contribution is -2.45. The van der Waals surface area contributed by atoms with Gasteiger partial charge in [0.1, 0.15) is 0 Å². The second-order valence-electron chi connectivity index (χ2n) is 5.15. The number of thiophene rings is 1. The molecular formula is C16H14BrNO2S. The van der Waals surface area contributed by atoms with Gasteiger partial charge in [-0.1, -0.05) is 30.3 Å². The maximum absolute atomic E-state index is 12.3. The molecule has 0 bridgehead atoms. The van der Waals surface area contributed by atoms with Gasteiger partial charge in [-0.2, -0.15) is 0 Å². The summed E-state index contributed by atoms with van der Waals surface area (Å²) in [4.78, 5) is 25.1. The van der Waals surface area contributed by atoms with E-state index in [1.807, 2.05) is 41.8 Å². The van der Waals surface area contributed by atoms with Crippen LogP contribution >= 0.6 is 27.3 Å². The van der Waals surface area contributed by atoms with Crippen LogP contribution in [0.15, 0.2) is 46.3 Å². The summed E-state index contributed by atoms with van der Waals surface area (Å²) in [5, 5.41) is 4.45. The Hall–Kier alpha value is -1.46. The highest BCUT2D eigenvalue weighted by atomic mass is 79.9. The predicted octanol–water partition coefficient (Wildman–Crippen LogP) is 3.50. The largest absolute Gasteiger partial charge is 0.296 e. The summed E-state index contributed by atoms with van der Waals surface area (Å²) in [5.41, 5.74) is 1.12. The molecule has 2 atom stereocenters. The molecule has 108 valence electrons. The summed E-state index contributed by atoms with van der Waals surface area (Å²) in [6.45, 7) is 0. The molecule has 3 rings (SSSR count). The normalized spacial score (nSPS) is 22.1. The molecule has 2 amide bonds. The number of rotatable bonds is 3. The molecule has 2 unspecified atom stereocenters. The van der Waals surface area contributed by atoms with Crippen molar-refractivity contribution in [1.29, 1.82) is 0 Å². The molecular weight excluding hydrogens is 350 g/mol. The van der Waals surface area contributed by atoms with E-state index in [0.717, 1.165) is 14.9 Å².